The topological polar surface area (TPSA) is 39.2 Å². The van der Waals surface area contributed by atoms with E-state index >= 15 is 0 Å². The molecule has 0 saturated carbocycles. The van der Waals surface area contributed by atoms with Gasteiger partial charge in [-0.3, -0.25) is 4.98 Å². The largest absolute Gasteiger partial charge is 0.466 e. The minimum absolute atomic E-state index is 0.356. The van der Waals surface area contributed by atoms with Gasteiger partial charge in [0.15, 0.2) is 0 Å². The highest BCUT2D eigenvalue weighted by atomic mass is 16.5. The van der Waals surface area contributed by atoms with Crippen LogP contribution in [0.1, 0.15) is 5.56 Å². The van der Waals surface area contributed by atoms with Crippen LogP contribution in [0.5, 0.6) is 0 Å². The van der Waals surface area contributed by atoms with Crippen molar-refractivity contribution < 1.29 is 9.53 Å². The molecule has 2 rings (SSSR count). The first-order chi connectivity index (χ1) is 7.81. The third-order valence-corrected chi connectivity index (χ3v) is 2.31. The van der Waals surface area contributed by atoms with E-state index in [1.54, 1.807) is 18.5 Å². The number of pyridine rings is 1. The number of aromatic nitrogens is 1. The first kappa shape index (κ1) is 10.4. The quantitative estimate of drug-likeness (QED) is 0.568. The Hall–Kier alpha value is -2.16. The lowest BCUT2D eigenvalue weighted by molar-refractivity contribution is -0.134. The highest BCUT2D eigenvalue weighted by molar-refractivity contribution is 5.94. The van der Waals surface area contributed by atoms with Crippen LogP contribution in [0, 0.1) is 0 Å². The lowest BCUT2D eigenvalue weighted by atomic mass is 10.1. The lowest BCUT2D eigenvalue weighted by Crippen LogP contribution is -1.93. The Kier molecular flexibility index (Phi) is 2.96. The average Bonchev–Trinajstić information content (AvgIpc) is 2.35. The molecule has 0 aliphatic carbocycles. The van der Waals surface area contributed by atoms with Gasteiger partial charge >= 0.3 is 5.97 Å². The number of hydrogen-bond donors (Lipinski definition) is 0. The van der Waals surface area contributed by atoms with Crippen LogP contribution in [0.4, 0.5) is 0 Å². The van der Waals surface area contributed by atoms with Crippen LogP contribution in [0.15, 0.2) is 42.7 Å². The standard InChI is InChI=1S/C13H11NO2/c1-16-13(15)6-5-10-3-2-4-11-9-14-8-7-12(10)11/h2-9H,1H3. The molecule has 0 radical (unpaired) electrons. The number of fused-ring (bicyclic) bond motifs is 1. The first-order valence-electron chi connectivity index (χ1n) is 4.90. The van der Waals surface area contributed by atoms with E-state index in [0.29, 0.717) is 0 Å². The molecule has 0 bridgehead atoms. The van der Waals surface area contributed by atoms with Crippen LogP contribution in [-0.2, 0) is 9.53 Å². The SMILES string of the molecule is COC(=O)C=Cc1cccc2cnccc12. The first-order valence-corrected chi connectivity index (χ1v) is 4.90. The molecule has 2 aromatic rings. The van der Waals surface area contributed by atoms with E-state index in [9.17, 15) is 4.79 Å². The summed E-state index contributed by atoms with van der Waals surface area (Å²) in [5.74, 6) is -0.356. The second kappa shape index (κ2) is 4.57. The molecule has 3 heteroatoms. The molecule has 1 aromatic heterocycles. The molecule has 1 aromatic carbocycles. The van der Waals surface area contributed by atoms with Crippen LogP contribution in [0.3, 0.4) is 0 Å². The molecule has 0 aliphatic rings. The molecule has 0 amide bonds. The Bertz CT molecular complexity index is 541. The predicted octanol–water partition coefficient (Wildman–Crippen LogP) is 2.42. The van der Waals surface area contributed by atoms with Crippen molar-refractivity contribution in [3.63, 3.8) is 0 Å². The summed E-state index contributed by atoms with van der Waals surface area (Å²) >= 11 is 0. The molecule has 3 nitrogen and oxygen atoms in total. The van der Waals surface area contributed by atoms with Crippen LogP contribution in [0.2, 0.25) is 0 Å². The van der Waals surface area contributed by atoms with Gasteiger partial charge in [0, 0.05) is 23.9 Å². The summed E-state index contributed by atoms with van der Waals surface area (Å²) in [6.45, 7) is 0. The van der Waals surface area contributed by atoms with Gasteiger partial charge in [0.2, 0.25) is 0 Å². The molecule has 0 aliphatic heterocycles. The molecule has 80 valence electrons. The van der Waals surface area contributed by atoms with Gasteiger partial charge in [0.1, 0.15) is 0 Å². The van der Waals surface area contributed by atoms with E-state index in [4.69, 9.17) is 0 Å². The lowest BCUT2D eigenvalue weighted by Gasteiger charge is -2.00. The molecule has 0 N–H and O–H groups in total. The zero-order valence-electron chi connectivity index (χ0n) is 8.88. The van der Waals surface area contributed by atoms with E-state index in [-0.39, 0.29) is 5.97 Å². The number of nitrogens with zero attached hydrogens (tertiary/aromatic N) is 1. The van der Waals surface area contributed by atoms with Crippen molar-refractivity contribution in [3.05, 3.63) is 48.3 Å². The highest BCUT2D eigenvalue weighted by Crippen LogP contribution is 2.18. The monoisotopic (exact) mass is 213 g/mol. The maximum atomic E-state index is 11.0. The summed E-state index contributed by atoms with van der Waals surface area (Å²) in [6.07, 6.45) is 6.69. The molecular formula is C13H11NO2. The molecule has 16 heavy (non-hydrogen) atoms. The maximum Gasteiger partial charge on any atom is 0.330 e. The summed E-state index contributed by atoms with van der Waals surface area (Å²) in [6, 6.07) is 7.78. The number of carbonyl (C=O) groups excluding carboxylic acids is 1. The van der Waals surface area contributed by atoms with E-state index in [2.05, 4.69) is 9.72 Å². The van der Waals surface area contributed by atoms with E-state index in [1.165, 1.54) is 13.2 Å². The minimum Gasteiger partial charge on any atom is -0.466 e. The number of ether oxygens (including phenoxy) is 1. The zero-order valence-corrected chi connectivity index (χ0v) is 8.88. The molecule has 0 saturated heterocycles. The number of esters is 1. The second-order valence-corrected chi connectivity index (χ2v) is 3.30. The zero-order chi connectivity index (χ0) is 11.4. The number of methoxy groups -OCH3 is 1. The highest BCUT2D eigenvalue weighted by Gasteiger charge is 1.98. The van der Waals surface area contributed by atoms with E-state index in [0.717, 1.165) is 16.3 Å². The fraction of sp³-hybridized carbons (Fsp3) is 0.0769. The Morgan fingerprint density at radius 1 is 1.38 bits per heavy atom. The molecule has 0 fully saturated rings. The van der Waals surface area contributed by atoms with Gasteiger partial charge in [0.25, 0.3) is 0 Å². The van der Waals surface area contributed by atoms with Crippen molar-refractivity contribution in [3.8, 4) is 0 Å². The average molecular weight is 213 g/mol. The third kappa shape index (κ3) is 2.08. The summed E-state index contributed by atoms with van der Waals surface area (Å²) < 4.78 is 4.55. The van der Waals surface area contributed by atoms with Gasteiger partial charge in [-0.15, -0.1) is 0 Å². The van der Waals surface area contributed by atoms with Crippen molar-refractivity contribution in [1.29, 1.82) is 0 Å². The second-order valence-electron chi connectivity index (χ2n) is 3.30. The van der Waals surface area contributed by atoms with Gasteiger partial charge in [-0.05, 0) is 23.1 Å². The molecule has 0 atom stereocenters. The summed E-state index contributed by atoms with van der Waals surface area (Å²) in [7, 11) is 1.36. The van der Waals surface area contributed by atoms with Gasteiger partial charge in [-0.1, -0.05) is 18.2 Å². The van der Waals surface area contributed by atoms with Crippen LogP contribution in [0.25, 0.3) is 16.8 Å². The molecule has 0 spiro atoms. The van der Waals surface area contributed by atoms with Crippen molar-refractivity contribution >= 4 is 22.8 Å². The normalized spacial score (nSPS) is 10.8. The summed E-state index contributed by atoms with van der Waals surface area (Å²) in [5, 5.41) is 2.12. The van der Waals surface area contributed by atoms with Crippen LogP contribution < -0.4 is 0 Å². The smallest absolute Gasteiger partial charge is 0.330 e. The van der Waals surface area contributed by atoms with Gasteiger partial charge in [-0.2, -0.15) is 0 Å². The van der Waals surface area contributed by atoms with Crippen LogP contribution in [-0.4, -0.2) is 18.1 Å². The summed E-state index contributed by atoms with van der Waals surface area (Å²) in [4.78, 5) is 15.0. The minimum atomic E-state index is -0.356. The number of carbonyl (C=O) groups is 1. The molecule has 1 heterocycles. The molecular weight excluding hydrogens is 202 g/mol. The van der Waals surface area contributed by atoms with Gasteiger partial charge in [0.05, 0.1) is 7.11 Å². The predicted molar refractivity (Wildman–Crippen MR) is 62.8 cm³/mol. The third-order valence-electron chi connectivity index (χ3n) is 2.31. The van der Waals surface area contributed by atoms with Crippen molar-refractivity contribution in [2.24, 2.45) is 0 Å². The Morgan fingerprint density at radius 2 is 2.25 bits per heavy atom. The van der Waals surface area contributed by atoms with E-state index in [1.807, 2.05) is 24.3 Å². The Morgan fingerprint density at radius 3 is 3.06 bits per heavy atom. The van der Waals surface area contributed by atoms with Crippen molar-refractivity contribution in [2.45, 2.75) is 0 Å². The number of hydrogen-bond acceptors (Lipinski definition) is 3. The molecule has 0 unspecified atom stereocenters. The number of benzene rings is 1. The van der Waals surface area contributed by atoms with Crippen molar-refractivity contribution in [2.75, 3.05) is 7.11 Å². The van der Waals surface area contributed by atoms with Crippen molar-refractivity contribution in [1.82, 2.24) is 4.98 Å². The van der Waals surface area contributed by atoms with Gasteiger partial charge < -0.3 is 4.74 Å². The van der Waals surface area contributed by atoms with E-state index < -0.39 is 0 Å². The van der Waals surface area contributed by atoms with Crippen LogP contribution >= 0.6 is 0 Å². The maximum absolute atomic E-state index is 11.0. The summed E-state index contributed by atoms with van der Waals surface area (Å²) in [5.41, 5.74) is 0.977. The fourth-order valence-electron chi connectivity index (χ4n) is 1.52. The number of rotatable bonds is 2. The Labute approximate surface area is 93.4 Å². The Balaban J connectivity index is 2.45. The van der Waals surface area contributed by atoms with Gasteiger partial charge in [-0.25, -0.2) is 4.79 Å². The fourth-order valence-corrected chi connectivity index (χ4v) is 1.52.